The molecule has 19 heavy (non-hydrogen) atoms. The molecule has 6 heteroatoms. The lowest BCUT2D eigenvalue weighted by Crippen LogP contribution is -2.03. The van der Waals surface area contributed by atoms with Gasteiger partial charge >= 0.3 is 5.97 Å². The number of aromatic nitrogens is 1. The van der Waals surface area contributed by atoms with Crippen molar-refractivity contribution in [3.63, 3.8) is 0 Å². The van der Waals surface area contributed by atoms with E-state index in [4.69, 9.17) is 39.5 Å². The molecule has 2 aromatic rings. The predicted molar refractivity (Wildman–Crippen MR) is 76.0 cm³/mol. The zero-order valence-corrected chi connectivity index (χ0v) is 12.1. The molecule has 1 aromatic carbocycles. The lowest BCUT2D eigenvalue weighted by atomic mass is 10.0. The van der Waals surface area contributed by atoms with Gasteiger partial charge in [0.1, 0.15) is 0 Å². The summed E-state index contributed by atoms with van der Waals surface area (Å²) in [4.78, 5) is 15.7. The van der Waals surface area contributed by atoms with E-state index < -0.39 is 5.97 Å². The van der Waals surface area contributed by atoms with E-state index in [1.165, 1.54) is 13.3 Å². The van der Waals surface area contributed by atoms with Gasteiger partial charge in [-0.25, -0.2) is 4.79 Å². The molecular weight excluding hydrogens is 309 g/mol. The van der Waals surface area contributed by atoms with Crippen LogP contribution in [0.25, 0.3) is 11.1 Å². The van der Waals surface area contributed by atoms with Gasteiger partial charge < -0.3 is 4.74 Å². The number of nitrogens with zero attached hydrogens (tertiary/aromatic N) is 1. The van der Waals surface area contributed by atoms with Gasteiger partial charge in [0, 0.05) is 18.0 Å². The van der Waals surface area contributed by atoms with Crippen molar-refractivity contribution >= 4 is 40.8 Å². The Kier molecular flexibility index (Phi) is 4.30. The van der Waals surface area contributed by atoms with Crippen molar-refractivity contribution in [2.45, 2.75) is 0 Å². The molecule has 1 heterocycles. The summed E-state index contributed by atoms with van der Waals surface area (Å²) in [5, 5.41) is 0.892. The van der Waals surface area contributed by atoms with E-state index in [0.29, 0.717) is 26.7 Å². The van der Waals surface area contributed by atoms with Gasteiger partial charge in [0.25, 0.3) is 0 Å². The van der Waals surface area contributed by atoms with Crippen LogP contribution in [0.1, 0.15) is 10.4 Å². The van der Waals surface area contributed by atoms with E-state index >= 15 is 0 Å². The lowest BCUT2D eigenvalue weighted by molar-refractivity contribution is 0.0601. The average Bonchev–Trinajstić information content (AvgIpc) is 2.43. The Morgan fingerprint density at radius 2 is 1.84 bits per heavy atom. The summed E-state index contributed by atoms with van der Waals surface area (Å²) in [6.07, 6.45) is 3.05. The first-order valence-corrected chi connectivity index (χ1v) is 6.35. The number of pyridine rings is 1. The first-order chi connectivity index (χ1) is 9.04. The van der Waals surface area contributed by atoms with Crippen molar-refractivity contribution in [1.29, 1.82) is 0 Å². The number of esters is 1. The highest BCUT2D eigenvalue weighted by Gasteiger charge is 2.15. The molecule has 0 N–H and O–H groups in total. The summed E-state index contributed by atoms with van der Waals surface area (Å²) < 4.78 is 4.72. The molecule has 1 aromatic heterocycles. The van der Waals surface area contributed by atoms with Crippen molar-refractivity contribution in [3.8, 4) is 11.1 Å². The number of hydrogen-bond donors (Lipinski definition) is 0. The average molecular weight is 317 g/mol. The van der Waals surface area contributed by atoms with Gasteiger partial charge in [-0.2, -0.15) is 0 Å². The van der Waals surface area contributed by atoms with E-state index in [9.17, 15) is 4.79 Å². The van der Waals surface area contributed by atoms with Crippen LogP contribution in [-0.2, 0) is 4.74 Å². The largest absolute Gasteiger partial charge is 0.465 e. The Hall–Kier alpha value is -1.29. The normalized spacial score (nSPS) is 10.3. The number of rotatable bonds is 2. The Labute approximate surface area is 125 Å². The number of ether oxygens (including phenoxy) is 1. The third-order valence-electron chi connectivity index (χ3n) is 2.52. The van der Waals surface area contributed by atoms with E-state index in [1.54, 1.807) is 24.4 Å². The van der Waals surface area contributed by atoms with Crippen molar-refractivity contribution < 1.29 is 9.53 Å². The number of halogens is 3. The highest BCUT2D eigenvalue weighted by molar-refractivity contribution is 6.48. The third-order valence-corrected chi connectivity index (χ3v) is 3.72. The molecule has 0 aliphatic rings. The van der Waals surface area contributed by atoms with Gasteiger partial charge in [-0.15, -0.1) is 0 Å². The molecule has 3 nitrogen and oxygen atoms in total. The minimum absolute atomic E-state index is 0.274. The summed E-state index contributed by atoms with van der Waals surface area (Å²) in [7, 11) is 1.31. The number of methoxy groups -OCH3 is 1. The third kappa shape index (κ3) is 2.84. The minimum Gasteiger partial charge on any atom is -0.465 e. The first-order valence-electron chi connectivity index (χ1n) is 5.22. The summed E-state index contributed by atoms with van der Waals surface area (Å²) in [5.74, 6) is -0.459. The standard InChI is InChI=1S/C13H8Cl3NO2/c1-19-13(18)8-2-3-17-6-9(8)7-4-10(14)12(16)11(15)5-7/h2-6H,1H3. The molecule has 0 bridgehead atoms. The topological polar surface area (TPSA) is 39.2 Å². The second-order valence-electron chi connectivity index (χ2n) is 3.67. The maximum absolute atomic E-state index is 11.7. The van der Waals surface area contributed by atoms with E-state index in [0.717, 1.165) is 0 Å². The quantitative estimate of drug-likeness (QED) is 0.605. The number of benzene rings is 1. The van der Waals surface area contributed by atoms with Crippen LogP contribution in [0.4, 0.5) is 0 Å². The SMILES string of the molecule is COC(=O)c1ccncc1-c1cc(Cl)c(Cl)c(Cl)c1. The molecule has 0 radical (unpaired) electrons. The smallest absolute Gasteiger partial charge is 0.338 e. The molecule has 0 fully saturated rings. The maximum Gasteiger partial charge on any atom is 0.338 e. The molecule has 0 spiro atoms. The fourth-order valence-corrected chi connectivity index (χ4v) is 2.22. The van der Waals surface area contributed by atoms with Crippen LogP contribution in [-0.4, -0.2) is 18.1 Å². The molecule has 0 unspecified atom stereocenters. The van der Waals surface area contributed by atoms with Gasteiger partial charge in [0.2, 0.25) is 0 Å². The highest BCUT2D eigenvalue weighted by atomic mass is 35.5. The Balaban J connectivity index is 2.63. The second-order valence-corrected chi connectivity index (χ2v) is 4.86. The van der Waals surface area contributed by atoms with E-state index in [-0.39, 0.29) is 5.02 Å². The monoisotopic (exact) mass is 315 g/mol. The minimum atomic E-state index is -0.459. The van der Waals surface area contributed by atoms with Gasteiger partial charge in [0.05, 0.1) is 27.7 Å². The van der Waals surface area contributed by atoms with Crippen molar-refractivity contribution in [2.24, 2.45) is 0 Å². The molecule has 0 aliphatic carbocycles. The van der Waals surface area contributed by atoms with Crippen LogP contribution in [0.2, 0.25) is 15.1 Å². The van der Waals surface area contributed by atoms with Crippen LogP contribution in [0, 0.1) is 0 Å². The van der Waals surface area contributed by atoms with Crippen molar-refractivity contribution in [3.05, 3.63) is 51.2 Å². The van der Waals surface area contributed by atoms with Gasteiger partial charge in [0.15, 0.2) is 0 Å². The Morgan fingerprint density at radius 1 is 1.21 bits per heavy atom. The Morgan fingerprint density at radius 3 is 2.42 bits per heavy atom. The zero-order valence-electron chi connectivity index (χ0n) is 9.78. The molecule has 0 atom stereocenters. The van der Waals surface area contributed by atoms with Crippen molar-refractivity contribution in [2.75, 3.05) is 7.11 Å². The number of carbonyl (C=O) groups excluding carboxylic acids is 1. The second kappa shape index (κ2) is 5.78. The van der Waals surface area contributed by atoms with Crippen LogP contribution in [0.5, 0.6) is 0 Å². The zero-order chi connectivity index (χ0) is 14.0. The van der Waals surface area contributed by atoms with Gasteiger partial charge in [-0.3, -0.25) is 4.98 Å². The highest BCUT2D eigenvalue weighted by Crippen LogP contribution is 2.35. The van der Waals surface area contributed by atoms with Crippen LogP contribution in [0.15, 0.2) is 30.6 Å². The summed E-state index contributed by atoms with van der Waals surface area (Å²) in [6.45, 7) is 0. The molecule has 0 saturated heterocycles. The van der Waals surface area contributed by atoms with Gasteiger partial charge in [-0.1, -0.05) is 34.8 Å². The Bertz CT molecular complexity index is 621. The van der Waals surface area contributed by atoms with Crippen molar-refractivity contribution in [1.82, 2.24) is 4.98 Å². The van der Waals surface area contributed by atoms with E-state index in [1.807, 2.05) is 0 Å². The summed E-state index contributed by atoms with van der Waals surface area (Å²) >= 11 is 17.9. The van der Waals surface area contributed by atoms with Crippen LogP contribution in [0.3, 0.4) is 0 Å². The fourth-order valence-electron chi connectivity index (χ4n) is 1.62. The molecule has 0 saturated carbocycles. The molecular formula is C13H8Cl3NO2. The van der Waals surface area contributed by atoms with Gasteiger partial charge in [-0.05, 0) is 23.8 Å². The first kappa shape index (κ1) is 14.1. The summed E-state index contributed by atoms with van der Waals surface area (Å²) in [6, 6.07) is 4.82. The maximum atomic E-state index is 11.7. The summed E-state index contributed by atoms with van der Waals surface area (Å²) in [5.41, 5.74) is 1.61. The van der Waals surface area contributed by atoms with Crippen LogP contribution < -0.4 is 0 Å². The lowest BCUT2D eigenvalue weighted by Gasteiger charge is -2.09. The molecule has 0 aliphatic heterocycles. The van der Waals surface area contributed by atoms with Crippen LogP contribution >= 0.6 is 34.8 Å². The number of carbonyl (C=O) groups is 1. The number of hydrogen-bond acceptors (Lipinski definition) is 3. The molecule has 98 valence electrons. The molecule has 0 amide bonds. The fraction of sp³-hybridized carbons (Fsp3) is 0.0769. The predicted octanol–water partition coefficient (Wildman–Crippen LogP) is 4.50. The molecule has 2 rings (SSSR count). The van der Waals surface area contributed by atoms with E-state index in [2.05, 4.69) is 4.98 Å².